The summed E-state index contributed by atoms with van der Waals surface area (Å²) in [6.45, 7) is 6.36. The number of nitrogens with one attached hydrogen (secondary N) is 1. The van der Waals surface area contributed by atoms with Gasteiger partial charge >= 0.3 is 5.69 Å². The minimum Gasteiger partial charge on any atom is -0.486 e. The molecule has 3 aromatic rings. The monoisotopic (exact) mass is 398 g/mol. The number of fused-ring (bicyclic) bond motifs is 2. The minimum atomic E-state index is -0.412. The van der Waals surface area contributed by atoms with Crippen LogP contribution in [0.15, 0.2) is 27.8 Å². The predicted molar refractivity (Wildman–Crippen MR) is 111 cm³/mol. The summed E-state index contributed by atoms with van der Waals surface area (Å²) in [5.74, 6) is 2.03. The van der Waals surface area contributed by atoms with Crippen LogP contribution in [0.5, 0.6) is 11.5 Å². The number of unbranched alkanes of at least 4 members (excludes halogenated alkanes) is 2. The average Bonchev–Trinajstić information content (AvgIpc) is 3.11. The van der Waals surface area contributed by atoms with Crippen LogP contribution in [-0.4, -0.2) is 32.3 Å². The number of hydrogen-bond donors (Lipinski definition) is 1. The molecule has 8 nitrogen and oxygen atoms in total. The van der Waals surface area contributed by atoms with Gasteiger partial charge in [-0.25, -0.2) is 9.78 Å². The van der Waals surface area contributed by atoms with Crippen molar-refractivity contribution in [1.29, 1.82) is 0 Å². The molecular weight excluding hydrogens is 372 g/mol. The van der Waals surface area contributed by atoms with Crippen LogP contribution in [0.25, 0.3) is 22.6 Å². The molecule has 1 aliphatic rings. The number of hydrogen-bond acceptors (Lipinski definition) is 5. The molecule has 0 fully saturated rings. The summed E-state index contributed by atoms with van der Waals surface area (Å²) in [4.78, 5) is 32.4. The molecule has 4 rings (SSSR count). The van der Waals surface area contributed by atoms with Crippen molar-refractivity contribution in [3.63, 3.8) is 0 Å². The Balaban J connectivity index is 1.94. The third kappa shape index (κ3) is 3.54. The van der Waals surface area contributed by atoms with Crippen molar-refractivity contribution in [3.8, 4) is 22.9 Å². The largest absolute Gasteiger partial charge is 0.486 e. The normalized spacial score (nSPS) is 13.2. The number of nitrogens with zero attached hydrogens (tertiary/aromatic N) is 3. The first-order chi connectivity index (χ1) is 14.1. The Morgan fingerprint density at radius 1 is 1.00 bits per heavy atom. The van der Waals surface area contributed by atoms with Gasteiger partial charge in [-0.05, 0) is 31.0 Å². The van der Waals surface area contributed by atoms with Crippen LogP contribution in [0.2, 0.25) is 0 Å². The Morgan fingerprint density at radius 2 is 1.69 bits per heavy atom. The Bertz CT molecular complexity index is 1140. The van der Waals surface area contributed by atoms with Crippen LogP contribution in [0, 0.1) is 0 Å². The Hall–Kier alpha value is -3.03. The number of aromatic amines is 1. The highest BCUT2D eigenvalue weighted by atomic mass is 16.6. The molecule has 0 atom stereocenters. The second kappa shape index (κ2) is 8.14. The topological polar surface area (TPSA) is 91.1 Å². The summed E-state index contributed by atoms with van der Waals surface area (Å²) in [6.07, 6.45) is 3.66. The fourth-order valence-electron chi connectivity index (χ4n) is 3.63. The van der Waals surface area contributed by atoms with Gasteiger partial charge < -0.3 is 14.0 Å². The maximum Gasteiger partial charge on any atom is 0.330 e. The molecule has 0 saturated heterocycles. The Morgan fingerprint density at radius 3 is 2.41 bits per heavy atom. The van der Waals surface area contributed by atoms with Gasteiger partial charge in [0.15, 0.2) is 22.7 Å². The van der Waals surface area contributed by atoms with Gasteiger partial charge in [-0.3, -0.25) is 14.3 Å². The van der Waals surface area contributed by atoms with Crippen LogP contribution < -0.4 is 20.7 Å². The smallest absolute Gasteiger partial charge is 0.330 e. The van der Waals surface area contributed by atoms with E-state index >= 15 is 0 Å². The van der Waals surface area contributed by atoms with Crippen LogP contribution in [0.1, 0.15) is 39.5 Å². The summed E-state index contributed by atoms with van der Waals surface area (Å²) in [6, 6.07) is 5.67. The molecule has 3 heterocycles. The molecule has 0 radical (unpaired) electrons. The number of ether oxygens (including phenoxy) is 2. The maximum absolute atomic E-state index is 12.7. The second-order valence-corrected chi connectivity index (χ2v) is 7.24. The first-order valence-electron chi connectivity index (χ1n) is 10.3. The number of H-pyrrole nitrogens is 1. The molecule has 0 aliphatic carbocycles. The highest BCUT2D eigenvalue weighted by Gasteiger charge is 2.21. The summed E-state index contributed by atoms with van der Waals surface area (Å²) in [7, 11) is 0. The van der Waals surface area contributed by atoms with Crippen molar-refractivity contribution in [3.05, 3.63) is 39.0 Å². The summed E-state index contributed by atoms with van der Waals surface area (Å²) in [5, 5.41) is 0. The number of aryl methyl sites for hydroxylation is 2. The summed E-state index contributed by atoms with van der Waals surface area (Å²) < 4.78 is 14.8. The van der Waals surface area contributed by atoms with Gasteiger partial charge in [0.2, 0.25) is 0 Å². The zero-order chi connectivity index (χ0) is 20.4. The van der Waals surface area contributed by atoms with Crippen molar-refractivity contribution in [2.75, 3.05) is 13.2 Å². The molecule has 0 amide bonds. The van der Waals surface area contributed by atoms with Crippen molar-refractivity contribution in [2.24, 2.45) is 0 Å². The van der Waals surface area contributed by atoms with Crippen molar-refractivity contribution in [1.82, 2.24) is 19.1 Å². The van der Waals surface area contributed by atoms with Gasteiger partial charge in [0, 0.05) is 18.7 Å². The SMILES string of the molecule is CCCCn1c(-c2ccc3c(c2)OCCO3)nc2c1c(=O)[nH]c(=O)n2CCCC. The fraction of sp³-hybridized carbons (Fsp3) is 0.476. The van der Waals surface area contributed by atoms with Crippen LogP contribution >= 0.6 is 0 Å². The predicted octanol–water partition coefficient (Wildman–Crippen LogP) is 2.92. The van der Waals surface area contributed by atoms with E-state index in [0.29, 0.717) is 54.8 Å². The molecule has 29 heavy (non-hydrogen) atoms. The fourth-order valence-corrected chi connectivity index (χ4v) is 3.63. The quantitative estimate of drug-likeness (QED) is 0.661. The lowest BCUT2D eigenvalue weighted by Crippen LogP contribution is -2.31. The van der Waals surface area contributed by atoms with E-state index in [-0.39, 0.29) is 0 Å². The van der Waals surface area contributed by atoms with Crippen molar-refractivity contribution < 1.29 is 9.47 Å². The lowest BCUT2D eigenvalue weighted by molar-refractivity contribution is 0.171. The van der Waals surface area contributed by atoms with Gasteiger partial charge in [-0.15, -0.1) is 0 Å². The molecular formula is C21H26N4O4. The van der Waals surface area contributed by atoms with Gasteiger partial charge in [-0.2, -0.15) is 0 Å². The van der Waals surface area contributed by atoms with E-state index < -0.39 is 11.2 Å². The van der Waals surface area contributed by atoms with Gasteiger partial charge in [-0.1, -0.05) is 26.7 Å². The summed E-state index contributed by atoms with van der Waals surface area (Å²) >= 11 is 0. The molecule has 0 unspecified atom stereocenters. The Labute approximate surface area is 168 Å². The van der Waals surface area contributed by atoms with Crippen LogP contribution in [0.4, 0.5) is 0 Å². The van der Waals surface area contributed by atoms with Crippen LogP contribution in [0.3, 0.4) is 0 Å². The number of aromatic nitrogens is 4. The molecule has 0 bridgehead atoms. The molecule has 154 valence electrons. The van der Waals surface area contributed by atoms with E-state index in [1.807, 2.05) is 22.8 Å². The van der Waals surface area contributed by atoms with Gasteiger partial charge in [0.25, 0.3) is 5.56 Å². The molecule has 1 N–H and O–H groups in total. The maximum atomic E-state index is 12.7. The molecule has 1 aromatic carbocycles. The van der Waals surface area contributed by atoms with E-state index in [2.05, 4.69) is 18.8 Å². The van der Waals surface area contributed by atoms with Crippen molar-refractivity contribution in [2.45, 2.75) is 52.6 Å². The number of rotatable bonds is 7. The lowest BCUT2D eigenvalue weighted by Gasteiger charge is -2.19. The third-order valence-electron chi connectivity index (χ3n) is 5.16. The minimum absolute atomic E-state index is 0.398. The summed E-state index contributed by atoms with van der Waals surface area (Å²) in [5.41, 5.74) is 0.901. The van der Waals surface area contributed by atoms with E-state index in [1.165, 1.54) is 0 Å². The van der Waals surface area contributed by atoms with E-state index in [4.69, 9.17) is 14.5 Å². The zero-order valence-corrected chi connectivity index (χ0v) is 16.9. The van der Waals surface area contributed by atoms with E-state index in [0.717, 1.165) is 31.2 Å². The Kier molecular flexibility index (Phi) is 5.42. The molecule has 0 saturated carbocycles. The third-order valence-corrected chi connectivity index (χ3v) is 5.16. The molecule has 8 heteroatoms. The van der Waals surface area contributed by atoms with E-state index in [1.54, 1.807) is 4.57 Å². The molecule has 1 aliphatic heterocycles. The lowest BCUT2D eigenvalue weighted by atomic mass is 10.1. The second-order valence-electron chi connectivity index (χ2n) is 7.24. The van der Waals surface area contributed by atoms with E-state index in [9.17, 15) is 9.59 Å². The van der Waals surface area contributed by atoms with Gasteiger partial charge in [0.05, 0.1) is 0 Å². The van der Waals surface area contributed by atoms with Gasteiger partial charge in [0.1, 0.15) is 19.0 Å². The standard InChI is InChI=1S/C21H26N4O4/c1-3-5-9-24-17-19(25(10-6-4-2)21(27)23-20(17)26)22-18(24)14-7-8-15-16(13-14)29-12-11-28-15/h7-8,13H,3-6,9-12H2,1-2H3,(H,23,26,27). The first-order valence-corrected chi connectivity index (χ1v) is 10.3. The molecule has 0 spiro atoms. The first kappa shape index (κ1) is 19.3. The molecule has 2 aromatic heterocycles. The zero-order valence-electron chi connectivity index (χ0n) is 16.9. The average molecular weight is 398 g/mol. The number of benzene rings is 1. The highest BCUT2D eigenvalue weighted by molar-refractivity contribution is 5.77. The van der Waals surface area contributed by atoms with Crippen LogP contribution in [-0.2, 0) is 13.1 Å². The number of imidazole rings is 1. The highest BCUT2D eigenvalue weighted by Crippen LogP contribution is 2.35. The van der Waals surface area contributed by atoms with Crippen molar-refractivity contribution >= 4 is 11.2 Å².